The quantitative estimate of drug-likeness (QED) is 0.291. The molecule has 1 aliphatic heterocycles. The van der Waals surface area contributed by atoms with Crippen molar-refractivity contribution in [3.63, 3.8) is 0 Å². The van der Waals surface area contributed by atoms with E-state index in [2.05, 4.69) is 20.4 Å². The third kappa shape index (κ3) is 6.37. The number of nitrogens with zero attached hydrogens (tertiary/aromatic N) is 2. The van der Waals surface area contributed by atoms with Gasteiger partial charge in [-0.05, 0) is 6.42 Å². The van der Waals surface area contributed by atoms with Gasteiger partial charge >= 0.3 is 5.97 Å². The van der Waals surface area contributed by atoms with Crippen molar-refractivity contribution in [3.05, 3.63) is 0 Å². The highest BCUT2D eigenvalue weighted by Crippen LogP contribution is 2.10. The fourth-order valence-electron chi connectivity index (χ4n) is 2.25. The fraction of sp³-hybridized carbons (Fsp3) is 0.786. The summed E-state index contributed by atoms with van der Waals surface area (Å²) in [4.78, 5) is 29.0. The second kappa shape index (κ2) is 10.6. The molecule has 1 saturated heterocycles. The second-order valence-corrected chi connectivity index (χ2v) is 5.20. The maximum atomic E-state index is 11.6. The van der Waals surface area contributed by atoms with Crippen molar-refractivity contribution in [2.75, 3.05) is 33.8 Å². The third-order valence-electron chi connectivity index (χ3n) is 3.59. The molecule has 0 bridgehead atoms. The SMILES string of the molecule is CCC(=O)N1CCC(NC(=NC)NCC(C)C(=O)OC)C1.I. The molecule has 0 aromatic rings. The minimum absolute atomic E-state index is 0. The largest absolute Gasteiger partial charge is 0.469 e. The van der Waals surface area contributed by atoms with Gasteiger partial charge in [0.1, 0.15) is 0 Å². The number of halogens is 1. The predicted octanol–water partition coefficient (Wildman–Crippen LogP) is 0.589. The lowest BCUT2D eigenvalue weighted by Gasteiger charge is -2.19. The lowest BCUT2D eigenvalue weighted by Crippen LogP contribution is -2.46. The summed E-state index contributed by atoms with van der Waals surface area (Å²) in [5.41, 5.74) is 0. The molecular weight excluding hydrogens is 399 g/mol. The van der Waals surface area contributed by atoms with Crippen LogP contribution in [-0.4, -0.2) is 62.6 Å². The standard InChI is InChI=1S/C14H26N4O3.HI/c1-5-12(19)18-7-6-11(9-18)17-14(15-3)16-8-10(2)13(20)21-4;/h10-11H,5-9H2,1-4H3,(H2,15,16,17);1H. The van der Waals surface area contributed by atoms with Gasteiger partial charge in [-0.3, -0.25) is 14.6 Å². The molecule has 7 nitrogen and oxygen atoms in total. The number of carbonyl (C=O) groups excluding carboxylic acids is 2. The summed E-state index contributed by atoms with van der Waals surface area (Å²) in [6.45, 7) is 5.59. The lowest BCUT2D eigenvalue weighted by molar-refractivity contribution is -0.144. The van der Waals surface area contributed by atoms with Crippen molar-refractivity contribution >= 4 is 41.8 Å². The van der Waals surface area contributed by atoms with Gasteiger partial charge in [0.2, 0.25) is 5.91 Å². The van der Waals surface area contributed by atoms with Gasteiger partial charge in [0.25, 0.3) is 0 Å². The molecule has 2 unspecified atom stereocenters. The number of guanidine groups is 1. The third-order valence-corrected chi connectivity index (χ3v) is 3.59. The topological polar surface area (TPSA) is 83.0 Å². The number of hydrogen-bond donors (Lipinski definition) is 2. The monoisotopic (exact) mass is 426 g/mol. The number of nitrogens with one attached hydrogen (secondary N) is 2. The summed E-state index contributed by atoms with van der Waals surface area (Å²) in [5.74, 6) is 0.331. The Bertz CT molecular complexity index is 404. The highest BCUT2D eigenvalue weighted by molar-refractivity contribution is 14.0. The Kier molecular flexibility index (Phi) is 10.1. The van der Waals surface area contributed by atoms with Crippen LogP contribution in [-0.2, 0) is 14.3 Å². The Morgan fingerprint density at radius 3 is 2.68 bits per heavy atom. The molecule has 0 aromatic heterocycles. The molecule has 128 valence electrons. The molecule has 8 heteroatoms. The zero-order valence-corrected chi connectivity index (χ0v) is 16.0. The van der Waals surface area contributed by atoms with E-state index >= 15 is 0 Å². The van der Waals surface area contributed by atoms with Crippen molar-refractivity contribution in [3.8, 4) is 0 Å². The van der Waals surface area contributed by atoms with Gasteiger partial charge in [-0.2, -0.15) is 0 Å². The molecule has 0 saturated carbocycles. The normalized spacial score (nSPS) is 19.2. The first-order valence-corrected chi connectivity index (χ1v) is 7.34. The number of carbonyl (C=O) groups is 2. The van der Waals surface area contributed by atoms with E-state index in [0.717, 1.165) is 13.0 Å². The summed E-state index contributed by atoms with van der Waals surface area (Å²) in [7, 11) is 3.06. The maximum absolute atomic E-state index is 11.6. The number of aliphatic imine (C=N–C) groups is 1. The van der Waals surface area contributed by atoms with E-state index in [9.17, 15) is 9.59 Å². The van der Waals surface area contributed by atoms with Crippen LogP contribution in [0.1, 0.15) is 26.7 Å². The van der Waals surface area contributed by atoms with Crippen molar-refractivity contribution < 1.29 is 14.3 Å². The lowest BCUT2D eigenvalue weighted by atomic mass is 10.2. The van der Waals surface area contributed by atoms with Crippen LogP contribution >= 0.6 is 24.0 Å². The van der Waals surface area contributed by atoms with Crippen LogP contribution in [0.4, 0.5) is 0 Å². The second-order valence-electron chi connectivity index (χ2n) is 5.20. The first-order chi connectivity index (χ1) is 10.0. The van der Waals surface area contributed by atoms with E-state index in [1.54, 1.807) is 14.0 Å². The van der Waals surface area contributed by atoms with E-state index in [-0.39, 0.29) is 47.8 Å². The minimum atomic E-state index is -0.251. The average molecular weight is 426 g/mol. The zero-order valence-electron chi connectivity index (χ0n) is 13.7. The first-order valence-electron chi connectivity index (χ1n) is 7.34. The highest BCUT2D eigenvalue weighted by Gasteiger charge is 2.26. The van der Waals surface area contributed by atoms with Crippen molar-refractivity contribution in [1.82, 2.24) is 15.5 Å². The molecule has 2 N–H and O–H groups in total. The van der Waals surface area contributed by atoms with Crippen LogP contribution in [0.2, 0.25) is 0 Å². The predicted molar refractivity (Wildman–Crippen MR) is 96.4 cm³/mol. The van der Waals surface area contributed by atoms with Crippen LogP contribution in [0.25, 0.3) is 0 Å². The van der Waals surface area contributed by atoms with Crippen molar-refractivity contribution in [2.45, 2.75) is 32.7 Å². The molecule has 1 amide bonds. The summed E-state index contributed by atoms with van der Waals surface area (Å²) >= 11 is 0. The van der Waals surface area contributed by atoms with E-state index in [4.69, 9.17) is 0 Å². The number of likely N-dealkylation sites (tertiary alicyclic amines) is 1. The zero-order chi connectivity index (χ0) is 15.8. The molecule has 0 aromatic carbocycles. The molecule has 0 aliphatic carbocycles. The van der Waals surface area contributed by atoms with E-state index in [0.29, 0.717) is 25.5 Å². The molecule has 22 heavy (non-hydrogen) atoms. The Hall–Kier alpha value is -1.06. The van der Waals surface area contributed by atoms with Gasteiger partial charge in [0.15, 0.2) is 5.96 Å². The number of rotatable bonds is 5. The first kappa shape index (κ1) is 20.9. The van der Waals surface area contributed by atoms with Crippen LogP contribution < -0.4 is 10.6 Å². The molecule has 1 heterocycles. The molecule has 2 atom stereocenters. The molecule has 1 fully saturated rings. The number of hydrogen-bond acceptors (Lipinski definition) is 4. The van der Waals surface area contributed by atoms with Crippen molar-refractivity contribution in [1.29, 1.82) is 0 Å². The smallest absolute Gasteiger partial charge is 0.310 e. The highest BCUT2D eigenvalue weighted by atomic mass is 127. The van der Waals surface area contributed by atoms with Crippen LogP contribution in [0.15, 0.2) is 4.99 Å². The van der Waals surface area contributed by atoms with Gasteiger partial charge in [-0.1, -0.05) is 13.8 Å². The van der Waals surface area contributed by atoms with Crippen LogP contribution in [0, 0.1) is 5.92 Å². The Balaban J connectivity index is 0.00000441. The summed E-state index contributed by atoms with van der Waals surface area (Å²) in [5, 5.41) is 6.38. The average Bonchev–Trinajstić information content (AvgIpc) is 2.97. The number of methoxy groups -OCH3 is 1. The molecule has 0 radical (unpaired) electrons. The summed E-state index contributed by atoms with van der Waals surface area (Å²) < 4.78 is 4.68. The minimum Gasteiger partial charge on any atom is -0.469 e. The number of amides is 1. The van der Waals surface area contributed by atoms with Crippen LogP contribution in [0.3, 0.4) is 0 Å². The van der Waals surface area contributed by atoms with E-state index in [1.165, 1.54) is 7.11 Å². The van der Waals surface area contributed by atoms with E-state index < -0.39 is 0 Å². The Morgan fingerprint density at radius 2 is 2.14 bits per heavy atom. The van der Waals surface area contributed by atoms with Gasteiger partial charge in [-0.15, -0.1) is 24.0 Å². The van der Waals surface area contributed by atoms with Gasteiger partial charge in [0.05, 0.1) is 13.0 Å². The van der Waals surface area contributed by atoms with Gasteiger partial charge in [-0.25, -0.2) is 0 Å². The van der Waals surface area contributed by atoms with Crippen molar-refractivity contribution in [2.24, 2.45) is 10.9 Å². The Morgan fingerprint density at radius 1 is 1.45 bits per heavy atom. The fourth-order valence-corrected chi connectivity index (χ4v) is 2.25. The molecule has 1 aliphatic rings. The molecular formula is C14H27IN4O3. The Labute approximate surface area is 149 Å². The van der Waals surface area contributed by atoms with Gasteiger partial charge in [0, 0.05) is 39.1 Å². The van der Waals surface area contributed by atoms with E-state index in [1.807, 2.05) is 11.8 Å². The molecule has 0 spiro atoms. The maximum Gasteiger partial charge on any atom is 0.310 e. The molecule has 1 rings (SSSR count). The number of esters is 1. The number of ether oxygens (including phenoxy) is 1. The summed E-state index contributed by atoms with van der Waals surface area (Å²) in [6, 6.07) is 0.195. The summed E-state index contributed by atoms with van der Waals surface area (Å²) in [6.07, 6.45) is 1.44. The van der Waals surface area contributed by atoms with Crippen LogP contribution in [0.5, 0.6) is 0 Å². The van der Waals surface area contributed by atoms with Gasteiger partial charge < -0.3 is 20.3 Å².